The van der Waals surface area contributed by atoms with E-state index in [4.69, 9.17) is 10.5 Å². The summed E-state index contributed by atoms with van der Waals surface area (Å²) in [7, 11) is -2.68. The van der Waals surface area contributed by atoms with Crippen molar-refractivity contribution in [1.82, 2.24) is 24.5 Å². The molecule has 1 aliphatic rings. The number of nitrogens with zero attached hydrogens (tertiary/aromatic N) is 5. The van der Waals surface area contributed by atoms with Crippen LogP contribution >= 0.6 is 0 Å². The summed E-state index contributed by atoms with van der Waals surface area (Å²) in [6, 6.07) is 4.09. The minimum atomic E-state index is -4.31. The number of aromatic nitrogens is 5. The Balaban J connectivity index is 1.60. The molecule has 3 heterocycles. The molecule has 1 saturated carbocycles. The second-order valence-electron chi connectivity index (χ2n) is 8.13. The third-order valence-corrected chi connectivity index (χ3v) is 7.61. The first-order chi connectivity index (χ1) is 15.9. The molecule has 34 heavy (non-hydrogen) atoms. The monoisotopic (exact) mass is 498 g/mol. The highest BCUT2D eigenvalue weighted by molar-refractivity contribution is 7.91. The van der Waals surface area contributed by atoms with E-state index >= 15 is 0 Å². The third kappa shape index (κ3) is 4.18. The van der Waals surface area contributed by atoms with Crippen LogP contribution in [0.15, 0.2) is 40.5 Å². The van der Waals surface area contributed by atoms with E-state index in [9.17, 15) is 26.4 Å². The van der Waals surface area contributed by atoms with Crippen LogP contribution in [0, 0.1) is 12.3 Å². The summed E-state index contributed by atoms with van der Waals surface area (Å²) in [5, 5.41) is 7.57. The van der Waals surface area contributed by atoms with Gasteiger partial charge in [0.2, 0.25) is 9.84 Å². The number of nitrogens with two attached hydrogens (primary N) is 1. The Morgan fingerprint density at radius 1 is 1.26 bits per heavy atom. The van der Waals surface area contributed by atoms with Crippen molar-refractivity contribution in [3.05, 3.63) is 47.5 Å². The molecule has 0 atom stereocenters. The molecule has 3 aromatic rings. The van der Waals surface area contributed by atoms with Gasteiger partial charge >= 0.3 is 6.18 Å². The molecule has 2 N–H and O–H groups in total. The van der Waals surface area contributed by atoms with Gasteiger partial charge in [-0.05, 0) is 38.0 Å². The number of alkyl halides is 3. The van der Waals surface area contributed by atoms with Crippen molar-refractivity contribution in [3.63, 3.8) is 0 Å². The molecule has 1 aliphatic carbocycles. The van der Waals surface area contributed by atoms with Gasteiger partial charge in [-0.15, -0.1) is 0 Å². The summed E-state index contributed by atoms with van der Waals surface area (Å²) in [6.07, 6.45) is -1.63. The zero-order chi connectivity index (χ0) is 24.9. The van der Waals surface area contributed by atoms with Crippen LogP contribution in [0.2, 0.25) is 0 Å². The molecule has 182 valence electrons. The van der Waals surface area contributed by atoms with Gasteiger partial charge in [0, 0.05) is 13.2 Å². The number of rotatable bonds is 8. The standard InChI is InChI=1S/C20H21F3N6O4S/c1-12-15(9-25-28(12)2)34(31,32)18-14(17(24)30)3-4-16(26-18)29-8-5-13(27-29)10-33-11-19(6-7-19)20(21,22)23/h3-5,8-9H,6-7,10-11H2,1-2H3,(H2,24,30). The molecule has 0 aromatic carbocycles. The van der Waals surface area contributed by atoms with Gasteiger partial charge in [-0.2, -0.15) is 23.4 Å². The van der Waals surface area contributed by atoms with Gasteiger partial charge in [0.1, 0.15) is 4.90 Å². The number of aryl methyl sites for hydroxylation is 1. The number of primary amides is 1. The Bertz CT molecular complexity index is 1360. The lowest BCUT2D eigenvalue weighted by atomic mass is 10.1. The molecule has 3 aromatic heterocycles. The summed E-state index contributed by atoms with van der Waals surface area (Å²) >= 11 is 0. The topological polar surface area (TPSA) is 135 Å². The highest BCUT2D eigenvalue weighted by Crippen LogP contribution is 2.57. The molecule has 0 spiro atoms. The lowest BCUT2D eigenvalue weighted by Crippen LogP contribution is -2.29. The summed E-state index contributed by atoms with van der Waals surface area (Å²) in [6.45, 7) is 0.935. The van der Waals surface area contributed by atoms with Crippen LogP contribution in [-0.4, -0.2) is 51.7 Å². The highest BCUT2D eigenvalue weighted by Gasteiger charge is 2.63. The maximum absolute atomic E-state index is 13.2. The normalized spacial score (nSPS) is 15.4. The molecule has 0 unspecified atom stereocenters. The van der Waals surface area contributed by atoms with Gasteiger partial charge in [0.05, 0.1) is 41.8 Å². The van der Waals surface area contributed by atoms with Gasteiger partial charge < -0.3 is 10.5 Å². The number of carbonyl (C=O) groups excluding carboxylic acids is 1. The lowest BCUT2D eigenvalue weighted by Gasteiger charge is -2.18. The van der Waals surface area contributed by atoms with E-state index in [-0.39, 0.29) is 35.7 Å². The first-order valence-electron chi connectivity index (χ1n) is 10.1. The van der Waals surface area contributed by atoms with E-state index in [1.807, 2.05) is 0 Å². The smallest absolute Gasteiger partial charge is 0.374 e. The fourth-order valence-electron chi connectivity index (χ4n) is 3.37. The average Bonchev–Trinajstić information content (AvgIpc) is 3.29. The maximum atomic E-state index is 13.2. The van der Waals surface area contributed by atoms with Crippen molar-refractivity contribution in [2.45, 2.75) is 42.5 Å². The fourth-order valence-corrected chi connectivity index (χ4v) is 4.96. The van der Waals surface area contributed by atoms with E-state index < -0.39 is 39.0 Å². The largest absolute Gasteiger partial charge is 0.396 e. The van der Waals surface area contributed by atoms with Crippen LogP contribution in [0.25, 0.3) is 5.82 Å². The first kappa shape index (κ1) is 23.9. The van der Waals surface area contributed by atoms with Crippen molar-refractivity contribution >= 4 is 15.7 Å². The summed E-state index contributed by atoms with van der Waals surface area (Å²) < 4.78 is 73.4. The van der Waals surface area contributed by atoms with Crippen molar-refractivity contribution in [3.8, 4) is 5.82 Å². The Morgan fingerprint density at radius 3 is 2.53 bits per heavy atom. The van der Waals surface area contributed by atoms with Gasteiger partial charge in [0.25, 0.3) is 5.91 Å². The zero-order valence-corrected chi connectivity index (χ0v) is 19.0. The Morgan fingerprint density at radius 2 is 1.97 bits per heavy atom. The van der Waals surface area contributed by atoms with Crippen LogP contribution in [-0.2, 0) is 28.2 Å². The minimum Gasteiger partial charge on any atom is -0.374 e. The van der Waals surface area contributed by atoms with Crippen LogP contribution in [0.1, 0.15) is 34.6 Å². The number of sulfone groups is 1. The summed E-state index contributed by atoms with van der Waals surface area (Å²) in [4.78, 5) is 15.9. The molecular formula is C20H21F3N6O4S. The molecule has 0 saturated heterocycles. The highest BCUT2D eigenvalue weighted by atomic mass is 32.2. The second kappa shape index (κ2) is 8.20. The molecule has 14 heteroatoms. The number of ether oxygens (including phenoxy) is 1. The number of carbonyl (C=O) groups is 1. The van der Waals surface area contributed by atoms with Gasteiger partial charge in [-0.3, -0.25) is 9.48 Å². The Hall–Kier alpha value is -3.26. The van der Waals surface area contributed by atoms with Crippen LogP contribution < -0.4 is 5.73 Å². The minimum absolute atomic E-state index is 0.0364. The van der Waals surface area contributed by atoms with E-state index in [1.165, 1.54) is 33.8 Å². The van der Waals surface area contributed by atoms with Gasteiger partial charge in [-0.25, -0.2) is 18.1 Å². The van der Waals surface area contributed by atoms with E-state index in [0.717, 1.165) is 6.20 Å². The number of hydrogen-bond donors (Lipinski definition) is 1. The van der Waals surface area contributed by atoms with Crippen LogP contribution in [0.5, 0.6) is 0 Å². The van der Waals surface area contributed by atoms with E-state index in [2.05, 4.69) is 15.2 Å². The SMILES string of the molecule is Cc1c(S(=O)(=O)c2nc(-n3ccc(COCC4(C(F)(F)F)CC4)n3)ccc2C(N)=O)cnn1C. The molecule has 1 fully saturated rings. The van der Waals surface area contributed by atoms with Crippen molar-refractivity contribution in [2.24, 2.45) is 18.2 Å². The van der Waals surface area contributed by atoms with Crippen molar-refractivity contribution < 1.29 is 31.1 Å². The second-order valence-corrected chi connectivity index (χ2v) is 9.96. The van der Waals surface area contributed by atoms with E-state index in [1.54, 1.807) is 14.0 Å². The molecule has 4 rings (SSSR count). The van der Waals surface area contributed by atoms with Gasteiger partial charge in [0.15, 0.2) is 10.8 Å². The van der Waals surface area contributed by atoms with Crippen molar-refractivity contribution in [2.75, 3.05) is 6.61 Å². The quantitative estimate of drug-likeness (QED) is 0.502. The maximum Gasteiger partial charge on any atom is 0.396 e. The first-order valence-corrected chi connectivity index (χ1v) is 11.6. The number of halogens is 3. The predicted molar refractivity (Wildman–Crippen MR) is 111 cm³/mol. The Kier molecular flexibility index (Phi) is 5.76. The zero-order valence-electron chi connectivity index (χ0n) is 18.2. The number of pyridine rings is 1. The number of hydrogen-bond acceptors (Lipinski definition) is 7. The van der Waals surface area contributed by atoms with Crippen LogP contribution in [0.4, 0.5) is 13.2 Å². The lowest BCUT2D eigenvalue weighted by molar-refractivity contribution is -0.202. The predicted octanol–water partition coefficient (Wildman–Crippen LogP) is 2.10. The van der Waals surface area contributed by atoms with E-state index in [0.29, 0.717) is 11.4 Å². The molecule has 1 amide bonds. The van der Waals surface area contributed by atoms with Gasteiger partial charge in [-0.1, -0.05) is 0 Å². The summed E-state index contributed by atoms with van der Waals surface area (Å²) in [5.41, 5.74) is 3.95. The molecular weight excluding hydrogens is 477 g/mol. The van der Waals surface area contributed by atoms with Crippen LogP contribution in [0.3, 0.4) is 0 Å². The molecule has 0 aliphatic heterocycles. The molecule has 10 nitrogen and oxygen atoms in total. The van der Waals surface area contributed by atoms with Crippen molar-refractivity contribution in [1.29, 1.82) is 0 Å². The molecule has 0 bridgehead atoms. The third-order valence-electron chi connectivity index (χ3n) is 5.81. The number of amides is 1. The summed E-state index contributed by atoms with van der Waals surface area (Å²) in [5.74, 6) is -0.919. The average molecular weight is 498 g/mol. The fraction of sp³-hybridized carbons (Fsp3) is 0.400. The Labute approximate surface area is 192 Å². The molecule has 0 radical (unpaired) electrons.